The Morgan fingerprint density at radius 2 is 1.63 bits per heavy atom. The molecule has 1 fully saturated rings. The Bertz CT molecular complexity index is 995. The lowest BCUT2D eigenvalue weighted by atomic mass is 10.0. The molecule has 1 atom stereocenters. The molecule has 0 aliphatic carbocycles. The fourth-order valence-corrected chi connectivity index (χ4v) is 5.03. The van der Waals surface area contributed by atoms with Crippen LogP contribution in [0.3, 0.4) is 0 Å². The molecule has 1 saturated heterocycles. The Kier molecular flexibility index (Phi) is 6.95. The maximum atomic E-state index is 12.7. The standard InChI is InChI=1S/C23H31N3O3S/c1-17-5-8-22(15-18(17)2)19(3)24-23(27)21-9-6-20(7-10-21)16-30(28,29)26-13-11-25(4)12-14-26/h5-10,15,19H,11-14,16H2,1-4H3,(H,24,27). The molecule has 30 heavy (non-hydrogen) atoms. The van der Waals surface area contributed by atoms with Crippen LogP contribution in [-0.4, -0.2) is 56.8 Å². The molecule has 6 nitrogen and oxygen atoms in total. The molecule has 1 aliphatic heterocycles. The molecular formula is C23H31N3O3S. The Balaban J connectivity index is 1.61. The van der Waals surface area contributed by atoms with Gasteiger partial charge >= 0.3 is 0 Å². The summed E-state index contributed by atoms with van der Waals surface area (Å²) in [5, 5.41) is 3.01. The average molecular weight is 430 g/mol. The Morgan fingerprint density at radius 3 is 2.23 bits per heavy atom. The van der Waals surface area contributed by atoms with Crippen LogP contribution in [0.4, 0.5) is 0 Å². The highest BCUT2D eigenvalue weighted by Gasteiger charge is 2.25. The lowest BCUT2D eigenvalue weighted by Gasteiger charge is -2.31. The van der Waals surface area contributed by atoms with Gasteiger partial charge in [0.2, 0.25) is 10.0 Å². The molecule has 1 amide bonds. The number of carbonyl (C=O) groups excluding carboxylic acids is 1. The van der Waals surface area contributed by atoms with Gasteiger partial charge in [-0.2, -0.15) is 4.31 Å². The summed E-state index contributed by atoms with van der Waals surface area (Å²) < 4.78 is 26.9. The van der Waals surface area contributed by atoms with E-state index in [9.17, 15) is 13.2 Å². The lowest BCUT2D eigenvalue weighted by molar-refractivity contribution is 0.0940. The van der Waals surface area contributed by atoms with Gasteiger partial charge < -0.3 is 10.2 Å². The molecule has 1 aliphatic rings. The van der Waals surface area contributed by atoms with Gasteiger partial charge in [-0.1, -0.05) is 30.3 Å². The number of hydrogen-bond acceptors (Lipinski definition) is 4. The zero-order chi connectivity index (χ0) is 21.9. The van der Waals surface area contributed by atoms with Crippen molar-refractivity contribution in [2.24, 2.45) is 0 Å². The first-order valence-electron chi connectivity index (χ1n) is 10.3. The number of benzene rings is 2. The molecular weight excluding hydrogens is 398 g/mol. The van der Waals surface area contributed by atoms with E-state index in [1.807, 2.05) is 20.0 Å². The molecule has 0 saturated carbocycles. The van der Waals surface area contributed by atoms with E-state index >= 15 is 0 Å². The molecule has 162 valence electrons. The average Bonchev–Trinajstić information content (AvgIpc) is 2.70. The van der Waals surface area contributed by atoms with Crippen molar-refractivity contribution in [2.45, 2.75) is 32.6 Å². The molecule has 2 aromatic carbocycles. The van der Waals surface area contributed by atoms with Crippen LogP contribution in [0.5, 0.6) is 0 Å². The highest BCUT2D eigenvalue weighted by atomic mass is 32.2. The minimum absolute atomic E-state index is 0.0440. The third-order valence-electron chi connectivity index (χ3n) is 5.80. The smallest absolute Gasteiger partial charge is 0.251 e. The topological polar surface area (TPSA) is 69.7 Å². The van der Waals surface area contributed by atoms with Crippen LogP contribution >= 0.6 is 0 Å². The summed E-state index contributed by atoms with van der Waals surface area (Å²) in [6.07, 6.45) is 0. The van der Waals surface area contributed by atoms with Crippen molar-refractivity contribution in [3.63, 3.8) is 0 Å². The minimum atomic E-state index is -3.35. The van der Waals surface area contributed by atoms with Crippen molar-refractivity contribution in [3.05, 3.63) is 70.3 Å². The van der Waals surface area contributed by atoms with Gasteiger partial charge in [0.05, 0.1) is 11.8 Å². The number of sulfonamides is 1. The number of aryl methyl sites for hydroxylation is 2. The van der Waals surface area contributed by atoms with E-state index in [0.717, 1.165) is 18.7 Å². The molecule has 0 aromatic heterocycles. The maximum absolute atomic E-state index is 12.7. The summed E-state index contributed by atoms with van der Waals surface area (Å²) in [5.74, 6) is -0.216. The second kappa shape index (κ2) is 9.29. The van der Waals surface area contributed by atoms with Gasteiger partial charge in [-0.05, 0) is 62.2 Å². The second-order valence-electron chi connectivity index (χ2n) is 8.19. The SMILES string of the molecule is Cc1ccc(C(C)NC(=O)c2ccc(CS(=O)(=O)N3CCN(C)CC3)cc2)cc1C. The van der Waals surface area contributed by atoms with Gasteiger partial charge in [0.15, 0.2) is 0 Å². The molecule has 0 bridgehead atoms. The number of likely N-dealkylation sites (N-methyl/N-ethyl adjacent to an activating group) is 1. The number of amides is 1. The quantitative estimate of drug-likeness (QED) is 0.767. The summed E-state index contributed by atoms with van der Waals surface area (Å²) in [6.45, 7) is 8.62. The zero-order valence-electron chi connectivity index (χ0n) is 18.2. The number of nitrogens with one attached hydrogen (secondary N) is 1. The van der Waals surface area contributed by atoms with Gasteiger partial charge in [-0.3, -0.25) is 4.79 Å². The molecule has 2 aromatic rings. The predicted molar refractivity (Wildman–Crippen MR) is 120 cm³/mol. The van der Waals surface area contributed by atoms with Crippen LogP contribution in [-0.2, 0) is 15.8 Å². The highest BCUT2D eigenvalue weighted by Crippen LogP contribution is 2.18. The molecule has 1 unspecified atom stereocenters. The first-order chi connectivity index (χ1) is 14.2. The summed E-state index contributed by atoms with van der Waals surface area (Å²) in [5.41, 5.74) is 4.68. The van der Waals surface area contributed by atoms with Crippen molar-refractivity contribution in [1.29, 1.82) is 0 Å². The fourth-order valence-electron chi connectivity index (χ4n) is 3.52. The lowest BCUT2D eigenvalue weighted by Crippen LogP contribution is -2.47. The van der Waals surface area contributed by atoms with Crippen LogP contribution in [0.2, 0.25) is 0 Å². The molecule has 1 N–H and O–H groups in total. The van der Waals surface area contributed by atoms with Crippen LogP contribution < -0.4 is 5.32 Å². The molecule has 0 spiro atoms. The fraction of sp³-hybridized carbons (Fsp3) is 0.435. The maximum Gasteiger partial charge on any atom is 0.251 e. The largest absolute Gasteiger partial charge is 0.346 e. The normalized spacial score (nSPS) is 16.9. The number of nitrogens with zero attached hydrogens (tertiary/aromatic N) is 2. The molecule has 7 heteroatoms. The van der Waals surface area contributed by atoms with Gasteiger partial charge in [-0.25, -0.2) is 8.42 Å². The van der Waals surface area contributed by atoms with E-state index in [1.54, 1.807) is 28.6 Å². The van der Waals surface area contributed by atoms with Gasteiger partial charge in [-0.15, -0.1) is 0 Å². The number of carbonyl (C=O) groups is 1. The molecule has 3 rings (SSSR count). The van der Waals surface area contributed by atoms with Crippen LogP contribution in [0.15, 0.2) is 42.5 Å². The Hall–Kier alpha value is -2.22. The van der Waals surface area contributed by atoms with Crippen molar-refractivity contribution >= 4 is 15.9 Å². The van der Waals surface area contributed by atoms with Crippen LogP contribution in [0.1, 0.15) is 45.6 Å². The second-order valence-corrected chi connectivity index (χ2v) is 10.2. The number of rotatable bonds is 6. The summed E-state index contributed by atoms with van der Waals surface area (Å²) in [6, 6.07) is 12.9. The van der Waals surface area contributed by atoms with E-state index in [0.29, 0.717) is 24.2 Å². The first-order valence-corrected chi connectivity index (χ1v) is 11.9. The third-order valence-corrected chi connectivity index (χ3v) is 7.65. The van der Waals surface area contributed by atoms with Gasteiger partial charge in [0.25, 0.3) is 5.91 Å². The minimum Gasteiger partial charge on any atom is -0.346 e. The number of piperazine rings is 1. The Morgan fingerprint density at radius 1 is 1.00 bits per heavy atom. The van der Waals surface area contributed by atoms with Crippen LogP contribution in [0, 0.1) is 13.8 Å². The van der Waals surface area contributed by atoms with E-state index in [2.05, 4.69) is 36.2 Å². The summed E-state index contributed by atoms with van der Waals surface area (Å²) in [7, 11) is -1.35. The Labute approximate surface area is 179 Å². The summed E-state index contributed by atoms with van der Waals surface area (Å²) >= 11 is 0. The van der Waals surface area contributed by atoms with Crippen LogP contribution in [0.25, 0.3) is 0 Å². The van der Waals surface area contributed by atoms with E-state index in [1.165, 1.54) is 11.1 Å². The van der Waals surface area contributed by atoms with Crippen molar-refractivity contribution < 1.29 is 13.2 Å². The predicted octanol–water partition coefficient (Wildman–Crippen LogP) is 2.87. The van der Waals surface area contributed by atoms with Gasteiger partial charge in [0, 0.05) is 31.7 Å². The zero-order valence-corrected chi connectivity index (χ0v) is 19.0. The molecule has 1 heterocycles. The van der Waals surface area contributed by atoms with E-state index < -0.39 is 10.0 Å². The first kappa shape index (κ1) is 22.5. The van der Waals surface area contributed by atoms with E-state index in [4.69, 9.17) is 0 Å². The van der Waals surface area contributed by atoms with Gasteiger partial charge in [0.1, 0.15) is 0 Å². The van der Waals surface area contributed by atoms with Crippen molar-refractivity contribution in [1.82, 2.24) is 14.5 Å². The van der Waals surface area contributed by atoms with Crippen molar-refractivity contribution in [2.75, 3.05) is 33.2 Å². The number of hydrogen-bond donors (Lipinski definition) is 1. The molecule has 0 radical (unpaired) electrons. The van der Waals surface area contributed by atoms with Crippen molar-refractivity contribution in [3.8, 4) is 0 Å². The monoisotopic (exact) mass is 429 g/mol. The van der Waals surface area contributed by atoms with E-state index in [-0.39, 0.29) is 17.7 Å². The third kappa shape index (κ3) is 5.47. The highest BCUT2D eigenvalue weighted by molar-refractivity contribution is 7.88. The summed E-state index contributed by atoms with van der Waals surface area (Å²) in [4.78, 5) is 14.7.